The lowest BCUT2D eigenvalue weighted by molar-refractivity contribution is -0.153. The molecule has 1 saturated carbocycles. The first-order valence-electron chi connectivity index (χ1n) is 7.19. The summed E-state index contributed by atoms with van der Waals surface area (Å²) in [4.78, 5) is 28.6. The van der Waals surface area contributed by atoms with Crippen molar-refractivity contribution in [3.8, 4) is 0 Å². The fraction of sp³-hybridized carbons (Fsp3) is 0.643. The number of hydrogen-bond acceptors (Lipinski definition) is 4. The van der Waals surface area contributed by atoms with E-state index in [-0.39, 0.29) is 18.6 Å². The quantitative estimate of drug-likeness (QED) is 0.752. The lowest BCUT2D eigenvalue weighted by Crippen LogP contribution is -2.50. The Labute approximate surface area is 128 Å². The highest BCUT2D eigenvalue weighted by Crippen LogP contribution is 2.40. The largest absolute Gasteiger partial charge is 0.481 e. The Morgan fingerprint density at radius 2 is 2.24 bits per heavy atom. The minimum absolute atomic E-state index is 0.180. The van der Waals surface area contributed by atoms with Crippen molar-refractivity contribution in [1.82, 2.24) is 15.6 Å². The number of thiazole rings is 1. The van der Waals surface area contributed by atoms with Gasteiger partial charge in [0.2, 0.25) is 0 Å². The normalized spacial score (nSPS) is 17.6. The Hall–Kier alpha value is -1.63. The number of aryl methyl sites for hydroxylation is 1. The molecule has 2 amide bonds. The van der Waals surface area contributed by atoms with Gasteiger partial charge in [-0.1, -0.05) is 13.3 Å². The van der Waals surface area contributed by atoms with Crippen LogP contribution >= 0.6 is 11.3 Å². The molecule has 1 aliphatic rings. The molecule has 0 aliphatic heterocycles. The minimum Gasteiger partial charge on any atom is -0.481 e. The molecule has 1 unspecified atom stereocenters. The molecule has 1 aliphatic carbocycles. The van der Waals surface area contributed by atoms with Gasteiger partial charge in [0.25, 0.3) is 0 Å². The van der Waals surface area contributed by atoms with E-state index < -0.39 is 11.4 Å². The second-order valence-electron chi connectivity index (χ2n) is 5.51. The predicted octanol–water partition coefficient (Wildman–Crippen LogP) is 2.32. The summed E-state index contributed by atoms with van der Waals surface area (Å²) in [5.41, 5.74) is -0.767. The number of aromatic nitrogens is 1. The molecular weight excluding hydrogens is 290 g/mol. The number of hydrogen-bond donors (Lipinski definition) is 3. The molecule has 0 bridgehead atoms. The van der Waals surface area contributed by atoms with E-state index in [2.05, 4.69) is 22.5 Å². The predicted molar refractivity (Wildman–Crippen MR) is 80.4 cm³/mol. The third-order valence-corrected chi connectivity index (χ3v) is 5.31. The molecule has 116 valence electrons. The van der Waals surface area contributed by atoms with Crippen molar-refractivity contribution in [3.05, 3.63) is 16.1 Å². The molecule has 1 aromatic rings. The summed E-state index contributed by atoms with van der Waals surface area (Å²) in [6.07, 6.45) is 4.92. The summed E-state index contributed by atoms with van der Waals surface area (Å²) in [6.45, 7) is 4.11. The Morgan fingerprint density at radius 3 is 2.71 bits per heavy atom. The van der Waals surface area contributed by atoms with E-state index in [1.807, 2.05) is 13.1 Å². The number of nitrogens with zero attached hydrogens (tertiary/aromatic N) is 1. The summed E-state index contributed by atoms with van der Waals surface area (Å²) in [7, 11) is 0. The molecule has 2 rings (SSSR count). The minimum atomic E-state index is -0.824. The zero-order valence-electron chi connectivity index (χ0n) is 12.3. The van der Waals surface area contributed by atoms with Crippen LogP contribution in [0.1, 0.15) is 49.0 Å². The summed E-state index contributed by atoms with van der Waals surface area (Å²) in [5, 5.41) is 15.5. The van der Waals surface area contributed by atoms with E-state index in [0.717, 1.165) is 17.8 Å². The van der Waals surface area contributed by atoms with Crippen molar-refractivity contribution in [3.63, 3.8) is 0 Å². The number of rotatable bonds is 6. The number of carbonyl (C=O) groups excluding carboxylic acids is 1. The summed E-state index contributed by atoms with van der Waals surface area (Å²) in [6, 6.07) is -0.527. The van der Waals surface area contributed by atoms with Crippen molar-refractivity contribution in [1.29, 1.82) is 0 Å². The molecular formula is C14H21N3O3S. The number of amides is 2. The third kappa shape index (κ3) is 3.53. The lowest BCUT2D eigenvalue weighted by Gasteiger charge is -2.37. The number of carboxylic acids is 1. The van der Waals surface area contributed by atoms with Crippen molar-refractivity contribution >= 4 is 23.3 Å². The highest BCUT2D eigenvalue weighted by Gasteiger charge is 2.44. The van der Waals surface area contributed by atoms with Gasteiger partial charge in [0.15, 0.2) is 0 Å². The van der Waals surface area contributed by atoms with Crippen LogP contribution in [0.15, 0.2) is 6.20 Å². The van der Waals surface area contributed by atoms with Crippen LogP contribution in [-0.4, -0.2) is 28.6 Å². The molecule has 1 aromatic heterocycles. The van der Waals surface area contributed by atoms with Crippen LogP contribution in [0, 0.1) is 5.41 Å². The van der Waals surface area contributed by atoms with E-state index in [1.54, 1.807) is 11.3 Å². The van der Waals surface area contributed by atoms with Gasteiger partial charge in [-0.3, -0.25) is 4.79 Å². The van der Waals surface area contributed by atoms with Gasteiger partial charge in [-0.25, -0.2) is 9.78 Å². The molecule has 1 atom stereocenters. The number of carboxylic acid groups (broad SMARTS) is 1. The molecule has 0 aromatic carbocycles. The van der Waals surface area contributed by atoms with E-state index in [9.17, 15) is 14.7 Å². The summed E-state index contributed by atoms with van der Waals surface area (Å²) >= 11 is 1.58. The van der Waals surface area contributed by atoms with Gasteiger partial charge in [0, 0.05) is 17.6 Å². The molecule has 21 heavy (non-hydrogen) atoms. The molecule has 0 saturated heterocycles. The van der Waals surface area contributed by atoms with Crippen LogP contribution in [0.4, 0.5) is 4.79 Å². The van der Waals surface area contributed by atoms with Gasteiger partial charge >= 0.3 is 12.0 Å². The lowest BCUT2D eigenvalue weighted by atomic mass is 9.69. The molecule has 1 fully saturated rings. The molecule has 7 heteroatoms. The van der Waals surface area contributed by atoms with Crippen LogP contribution in [0.3, 0.4) is 0 Å². The van der Waals surface area contributed by atoms with Crippen molar-refractivity contribution < 1.29 is 14.7 Å². The first-order chi connectivity index (χ1) is 9.97. The third-order valence-electron chi connectivity index (χ3n) is 3.99. The molecule has 1 heterocycles. The molecule has 0 spiro atoms. The maximum Gasteiger partial charge on any atom is 0.315 e. The second kappa shape index (κ2) is 6.43. The zero-order chi connectivity index (χ0) is 15.5. The first kappa shape index (κ1) is 15.8. The molecule has 0 radical (unpaired) electrons. The number of aliphatic carboxylic acids is 1. The summed E-state index contributed by atoms with van der Waals surface area (Å²) < 4.78 is 0. The van der Waals surface area contributed by atoms with E-state index in [4.69, 9.17) is 0 Å². The monoisotopic (exact) mass is 311 g/mol. The SMILES string of the molecule is CCc1cnc(C(C)NC(=O)NCC2(C(=O)O)CCC2)s1. The average Bonchev–Trinajstić information content (AvgIpc) is 2.85. The van der Waals surface area contributed by atoms with Gasteiger partial charge in [-0.2, -0.15) is 0 Å². The smallest absolute Gasteiger partial charge is 0.315 e. The number of urea groups is 1. The Bertz CT molecular complexity index is 525. The van der Waals surface area contributed by atoms with Crippen molar-refractivity contribution in [2.24, 2.45) is 5.41 Å². The molecule has 6 nitrogen and oxygen atoms in total. The van der Waals surface area contributed by atoms with Gasteiger partial charge < -0.3 is 15.7 Å². The number of carbonyl (C=O) groups is 2. The molecule has 3 N–H and O–H groups in total. The zero-order valence-corrected chi connectivity index (χ0v) is 13.1. The van der Waals surface area contributed by atoms with Crippen LogP contribution in [-0.2, 0) is 11.2 Å². The van der Waals surface area contributed by atoms with E-state index in [1.165, 1.54) is 4.88 Å². The van der Waals surface area contributed by atoms with Crippen molar-refractivity contribution in [2.75, 3.05) is 6.54 Å². The van der Waals surface area contributed by atoms with E-state index in [0.29, 0.717) is 12.8 Å². The van der Waals surface area contributed by atoms with Crippen molar-refractivity contribution in [2.45, 2.75) is 45.6 Å². The van der Waals surface area contributed by atoms with Crippen LogP contribution in [0.25, 0.3) is 0 Å². The standard InChI is InChI=1S/C14H21N3O3S/c1-3-10-7-15-11(21-10)9(2)17-13(20)16-8-14(12(18)19)5-4-6-14/h7,9H,3-6,8H2,1-2H3,(H,18,19)(H2,16,17,20). The number of nitrogens with one attached hydrogen (secondary N) is 2. The topological polar surface area (TPSA) is 91.3 Å². The second-order valence-corrected chi connectivity index (χ2v) is 6.65. The van der Waals surface area contributed by atoms with Gasteiger partial charge in [-0.05, 0) is 26.2 Å². The Morgan fingerprint density at radius 1 is 1.52 bits per heavy atom. The average molecular weight is 311 g/mol. The maximum atomic E-state index is 11.9. The fourth-order valence-corrected chi connectivity index (χ4v) is 3.17. The maximum absolute atomic E-state index is 11.9. The van der Waals surface area contributed by atoms with Crippen LogP contribution < -0.4 is 10.6 Å². The summed E-state index contributed by atoms with van der Waals surface area (Å²) in [5.74, 6) is -0.824. The van der Waals surface area contributed by atoms with E-state index >= 15 is 0 Å². The highest BCUT2D eigenvalue weighted by molar-refractivity contribution is 7.11. The Kier molecular flexibility index (Phi) is 4.82. The van der Waals surface area contributed by atoms with Gasteiger partial charge in [0.1, 0.15) is 5.01 Å². The fourth-order valence-electron chi connectivity index (χ4n) is 2.31. The van der Waals surface area contributed by atoms with Gasteiger partial charge in [0.05, 0.1) is 11.5 Å². The van der Waals surface area contributed by atoms with Gasteiger partial charge in [-0.15, -0.1) is 11.3 Å². The first-order valence-corrected chi connectivity index (χ1v) is 8.01. The van der Waals surface area contributed by atoms with Crippen LogP contribution in [0.2, 0.25) is 0 Å². The highest BCUT2D eigenvalue weighted by atomic mass is 32.1. The Balaban J connectivity index is 1.82. The van der Waals surface area contributed by atoms with Crippen LogP contribution in [0.5, 0.6) is 0 Å².